The van der Waals surface area contributed by atoms with Crippen molar-refractivity contribution in [1.82, 2.24) is 14.5 Å². The normalized spacial score (nSPS) is 14.3. The van der Waals surface area contributed by atoms with E-state index in [1.165, 1.54) is 44.5 Å². The molecule has 3 rings (SSSR count). The van der Waals surface area contributed by atoms with Crippen molar-refractivity contribution in [1.29, 1.82) is 0 Å². The number of methoxy groups -OCH3 is 1. The zero-order chi connectivity index (χ0) is 24.2. The molecule has 0 atom stereocenters. The van der Waals surface area contributed by atoms with Crippen LogP contribution in [0.15, 0.2) is 47.4 Å². The molecule has 1 aliphatic heterocycles. The Morgan fingerprint density at radius 1 is 1.24 bits per heavy atom. The lowest BCUT2D eigenvalue weighted by atomic mass is 10.2. The molecule has 0 aliphatic carbocycles. The summed E-state index contributed by atoms with van der Waals surface area (Å²) >= 11 is 5.96. The van der Waals surface area contributed by atoms with Crippen LogP contribution in [0, 0.1) is 0 Å². The van der Waals surface area contributed by atoms with E-state index in [1.54, 1.807) is 12.1 Å². The van der Waals surface area contributed by atoms with Gasteiger partial charge in [0.2, 0.25) is 21.8 Å². The van der Waals surface area contributed by atoms with Crippen molar-refractivity contribution in [3.8, 4) is 5.75 Å². The van der Waals surface area contributed by atoms with Crippen LogP contribution in [-0.2, 0) is 19.6 Å². The first-order valence-electron chi connectivity index (χ1n) is 9.87. The maximum Gasteiger partial charge on any atom is 0.254 e. The van der Waals surface area contributed by atoms with Gasteiger partial charge < -0.3 is 20.3 Å². The Bertz CT molecular complexity index is 1190. The Hall–Kier alpha value is -3.15. The Morgan fingerprint density at radius 2 is 2.00 bits per heavy atom. The number of amides is 3. The molecule has 10 nitrogen and oxygen atoms in total. The van der Waals surface area contributed by atoms with Crippen molar-refractivity contribution in [3.63, 3.8) is 0 Å². The van der Waals surface area contributed by atoms with Gasteiger partial charge in [-0.25, -0.2) is 8.42 Å². The maximum absolute atomic E-state index is 12.9. The molecule has 2 aromatic carbocycles. The summed E-state index contributed by atoms with van der Waals surface area (Å²) < 4.78 is 32.0. The van der Waals surface area contributed by atoms with Crippen LogP contribution in [0.2, 0.25) is 5.02 Å². The Labute approximate surface area is 196 Å². The SMILES string of the molecule is COc1ccc(Cl)cc1NC(=O)CN(C)C(=O)c1cccc(S(=O)(=O)N2CCNC(=O)C2)c1. The van der Waals surface area contributed by atoms with Crippen LogP contribution >= 0.6 is 11.6 Å². The molecule has 1 aliphatic rings. The number of benzene rings is 2. The lowest BCUT2D eigenvalue weighted by Crippen LogP contribution is -2.49. The van der Waals surface area contributed by atoms with Gasteiger partial charge >= 0.3 is 0 Å². The third-order valence-electron chi connectivity index (χ3n) is 4.89. The predicted octanol–water partition coefficient (Wildman–Crippen LogP) is 1.18. The fourth-order valence-corrected chi connectivity index (χ4v) is 4.85. The minimum absolute atomic E-state index is 0.0909. The molecule has 33 heavy (non-hydrogen) atoms. The summed E-state index contributed by atoms with van der Waals surface area (Å²) in [6.07, 6.45) is 0. The molecule has 12 heteroatoms. The van der Waals surface area contributed by atoms with Crippen molar-refractivity contribution in [2.24, 2.45) is 0 Å². The molecule has 3 amide bonds. The van der Waals surface area contributed by atoms with E-state index >= 15 is 0 Å². The average molecular weight is 495 g/mol. The van der Waals surface area contributed by atoms with Crippen LogP contribution in [-0.4, -0.2) is 75.7 Å². The monoisotopic (exact) mass is 494 g/mol. The van der Waals surface area contributed by atoms with Crippen LogP contribution < -0.4 is 15.4 Å². The van der Waals surface area contributed by atoms with Gasteiger partial charge in [-0.1, -0.05) is 17.7 Å². The van der Waals surface area contributed by atoms with Gasteiger partial charge in [0.15, 0.2) is 0 Å². The fourth-order valence-electron chi connectivity index (χ4n) is 3.23. The molecule has 0 spiro atoms. The first-order chi connectivity index (χ1) is 15.6. The van der Waals surface area contributed by atoms with E-state index in [1.807, 2.05) is 0 Å². The molecule has 1 heterocycles. The number of hydrogen-bond donors (Lipinski definition) is 2. The number of rotatable bonds is 7. The first-order valence-corrected chi connectivity index (χ1v) is 11.7. The van der Waals surface area contributed by atoms with Crippen molar-refractivity contribution in [2.45, 2.75) is 4.90 Å². The molecule has 0 saturated carbocycles. The quantitative estimate of drug-likeness (QED) is 0.595. The number of halogens is 1. The zero-order valence-corrected chi connectivity index (χ0v) is 19.6. The summed E-state index contributed by atoms with van der Waals surface area (Å²) in [6, 6.07) is 10.2. The minimum Gasteiger partial charge on any atom is -0.495 e. The predicted molar refractivity (Wildman–Crippen MR) is 122 cm³/mol. The summed E-state index contributed by atoms with van der Waals surface area (Å²) in [4.78, 5) is 37.9. The highest BCUT2D eigenvalue weighted by Crippen LogP contribution is 2.27. The van der Waals surface area contributed by atoms with Crippen LogP contribution in [0.3, 0.4) is 0 Å². The molecule has 0 aromatic heterocycles. The van der Waals surface area contributed by atoms with Gasteiger partial charge in [-0.3, -0.25) is 14.4 Å². The van der Waals surface area contributed by atoms with Crippen molar-refractivity contribution < 1.29 is 27.5 Å². The average Bonchev–Trinajstić information content (AvgIpc) is 2.78. The molecule has 1 fully saturated rings. The van der Waals surface area contributed by atoms with E-state index in [-0.39, 0.29) is 42.5 Å². The number of hydrogen-bond acceptors (Lipinski definition) is 6. The van der Waals surface area contributed by atoms with E-state index in [2.05, 4.69) is 10.6 Å². The van der Waals surface area contributed by atoms with Crippen LogP contribution in [0.5, 0.6) is 5.75 Å². The van der Waals surface area contributed by atoms with Gasteiger partial charge in [0.05, 0.1) is 30.8 Å². The number of ether oxygens (including phenoxy) is 1. The Balaban J connectivity index is 1.71. The third-order valence-corrected chi connectivity index (χ3v) is 6.96. The highest BCUT2D eigenvalue weighted by Gasteiger charge is 2.30. The fraction of sp³-hybridized carbons (Fsp3) is 0.286. The molecular formula is C21H23ClN4O6S. The molecule has 0 bridgehead atoms. The number of carbonyl (C=O) groups excluding carboxylic acids is 3. The van der Waals surface area contributed by atoms with Gasteiger partial charge in [-0.15, -0.1) is 0 Å². The minimum atomic E-state index is -3.96. The third kappa shape index (κ3) is 5.81. The summed E-state index contributed by atoms with van der Waals surface area (Å²) in [7, 11) is -1.08. The molecule has 0 unspecified atom stereocenters. The van der Waals surface area contributed by atoms with E-state index in [0.29, 0.717) is 16.5 Å². The molecule has 176 valence electrons. The number of sulfonamides is 1. The van der Waals surface area contributed by atoms with Gasteiger partial charge in [0.1, 0.15) is 5.75 Å². The first kappa shape index (κ1) is 24.5. The summed E-state index contributed by atoms with van der Waals surface area (Å²) in [6.45, 7) is -0.226. The van der Waals surface area contributed by atoms with Crippen molar-refractivity contribution in [3.05, 3.63) is 53.1 Å². The number of nitrogens with one attached hydrogen (secondary N) is 2. The van der Waals surface area contributed by atoms with Crippen LogP contribution in [0.1, 0.15) is 10.4 Å². The van der Waals surface area contributed by atoms with Gasteiger partial charge in [-0.2, -0.15) is 4.31 Å². The van der Waals surface area contributed by atoms with Gasteiger partial charge in [-0.05, 0) is 36.4 Å². The second-order valence-corrected chi connectivity index (χ2v) is 9.64. The topological polar surface area (TPSA) is 125 Å². The van der Waals surface area contributed by atoms with Gasteiger partial charge in [0.25, 0.3) is 5.91 Å². The molecule has 2 aromatic rings. The zero-order valence-electron chi connectivity index (χ0n) is 18.0. The molecule has 1 saturated heterocycles. The summed E-state index contributed by atoms with van der Waals surface area (Å²) in [5.41, 5.74) is 0.447. The number of piperazine rings is 1. The number of anilines is 1. The standard InChI is InChI=1S/C21H23ClN4O6S/c1-25(12-20(28)24-17-11-15(22)6-7-18(17)32-2)21(29)14-4-3-5-16(10-14)33(30,31)26-9-8-23-19(27)13-26/h3-7,10-11H,8-9,12-13H2,1-2H3,(H,23,27)(H,24,28). The highest BCUT2D eigenvalue weighted by atomic mass is 35.5. The van der Waals surface area contributed by atoms with Crippen molar-refractivity contribution in [2.75, 3.05) is 45.7 Å². The summed E-state index contributed by atoms with van der Waals surface area (Å²) in [5.74, 6) is -1.02. The van der Waals surface area contributed by atoms with E-state index < -0.39 is 21.8 Å². The smallest absolute Gasteiger partial charge is 0.254 e. The molecule has 2 N–H and O–H groups in total. The number of likely N-dealkylation sites (N-methyl/N-ethyl adjacent to an activating group) is 1. The number of nitrogens with zero attached hydrogens (tertiary/aromatic N) is 2. The highest BCUT2D eigenvalue weighted by molar-refractivity contribution is 7.89. The van der Waals surface area contributed by atoms with E-state index in [0.717, 1.165) is 9.21 Å². The largest absolute Gasteiger partial charge is 0.495 e. The lowest BCUT2D eigenvalue weighted by Gasteiger charge is -2.26. The Kier molecular flexibility index (Phi) is 7.57. The Morgan fingerprint density at radius 3 is 2.70 bits per heavy atom. The van der Waals surface area contributed by atoms with Crippen LogP contribution in [0.4, 0.5) is 5.69 Å². The van der Waals surface area contributed by atoms with Gasteiger partial charge in [0, 0.05) is 30.7 Å². The second-order valence-electron chi connectivity index (χ2n) is 7.27. The van der Waals surface area contributed by atoms with Crippen LogP contribution in [0.25, 0.3) is 0 Å². The number of carbonyl (C=O) groups is 3. The van der Waals surface area contributed by atoms with Crippen molar-refractivity contribution >= 4 is 45.0 Å². The summed E-state index contributed by atoms with van der Waals surface area (Å²) in [5, 5.41) is 5.61. The van der Waals surface area contributed by atoms with E-state index in [4.69, 9.17) is 16.3 Å². The maximum atomic E-state index is 12.9. The molecule has 0 radical (unpaired) electrons. The second kappa shape index (κ2) is 10.2. The lowest BCUT2D eigenvalue weighted by molar-refractivity contribution is -0.122. The molecular weight excluding hydrogens is 472 g/mol. The van der Waals surface area contributed by atoms with E-state index in [9.17, 15) is 22.8 Å².